The second-order valence-corrected chi connectivity index (χ2v) is 20.9. The van der Waals surface area contributed by atoms with Crippen molar-refractivity contribution >= 4 is 18.7 Å². The van der Waals surface area contributed by atoms with Gasteiger partial charge in [0.1, 0.15) is 6.10 Å². The molecule has 57 heavy (non-hydrogen) atoms. The normalized spacial score (nSPS) is 21.2. The fourth-order valence-electron chi connectivity index (χ4n) is 7.96. The van der Waals surface area contributed by atoms with Crippen molar-refractivity contribution in [2.75, 3.05) is 26.4 Å². The Labute approximate surface area is 342 Å². The van der Waals surface area contributed by atoms with Crippen molar-refractivity contribution in [2.24, 2.45) is 0 Å². The van der Waals surface area contributed by atoms with Crippen LogP contribution in [-0.2, 0) is 36.6 Å². The molecule has 2 aliphatic rings. The van der Waals surface area contributed by atoms with Gasteiger partial charge in [-0.15, -0.1) is 0 Å². The van der Waals surface area contributed by atoms with Crippen molar-refractivity contribution in [3.05, 3.63) is 132 Å². The van der Waals surface area contributed by atoms with E-state index in [2.05, 4.69) is 93.6 Å². The highest BCUT2D eigenvalue weighted by molar-refractivity contribution is 6.99. The van der Waals surface area contributed by atoms with Crippen LogP contribution in [0.3, 0.4) is 0 Å². The highest BCUT2D eigenvalue weighted by Crippen LogP contribution is 2.37. The van der Waals surface area contributed by atoms with Gasteiger partial charge in [-0.25, -0.2) is 0 Å². The summed E-state index contributed by atoms with van der Waals surface area (Å²) in [7, 11) is -2.67. The van der Waals surface area contributed by atoms with E-state index in [1.54, 1.807) is 0 Å². The Bertz CT molecular complexity index is 1600. The third-order valence-corrected chi connectivity index (χ3v) is 16.0. The third-order valence-electron chi connectivity index (χ3n) is 11.0. The molecular formula is C48H66O8Si. The van der Waals surface area contributed by atoms with Crippen molar-refractivity contribution in [1.82, 2.24) is 0 Å². The van der Waals surface area contributed by atoms with Crippen LogP contribution < -0.4 is 10.4 Å². The lowest BCUT2D eigenvalue weighted by molar-refractivity contribution is -0.0760. The molecule has 2 unspecified atom stereocenters. The monoisotopic (exact) mass is 798 g/mol. The van der Waals surface area contributed by atoms with Gasteiger partial charge in [-0.1, -0.05) is 142 Å². The van der Waals surface area contributed by atoms with Crippen molar-refractivity contribution in [2.45, 2.75) is 127 Å². The van der Waals surface area contributed by atoms with E-state index in [9.17, 15) is 10.2 Å². The van der Waals surface area contributed by atoms with Crippen LogP contribution in [0, 0.1) is 0 Å². The zero-order valence-corrected chi connectivity index (χ0v) is 35.3. The number of hydrogen-bond donors (Lipinski definition) is 3. The van der Waals surface area contributed by atoms with Crippen molar-refractivity contribution in [3.8, 4) is 0 Å². The van der Waals surface area contributed by atoms with Crippen LogP contribution in [0.15, 0.2) is 121 Å². The van der Waals surface area contributed by atoms with Gasteiger partial charge in [0.25, 0.3) is 8.32 Å². The van der Waals surface area contributed by atoms with Crippen molar-refractivity contribution in [3.63, 3.8) is 0 Å². The summed E-state index contributed by atoms with van der Waals surface area (Å²) in [5, 5.41) is 31.3. The molecule has 2 fully saturated rings. The third kappa shape index (κ3) is 14.2. The minimum atomic E-state index is -2.67. The predicted molar refractivity (Wildman–Crippen MR) is 229 cm³/mol. The van der Waals surface area contributed by atoms with Crippen molar-refractivity contribution in [1.29, 1.82) is 0 Å². The van der Waals surface area contributed by atoms with Crippen LogP contribution in [0.4, 0.5) is 0 Å². The molecule has 6 atom stereocenters. The van der Waals surface area contributed by atoms with E-state index in [1.807, 2.05) is 48.5 Å². The van der Waals surface area contributed by atoms with E-state index in [0.29, 0.717) is 13.2 Å². The Morgan fingerprint density at radius 3 is 1.28 bits per heavy atom. The lowest BCUT2D eigenvalue weighted by atomic mass is 9.95. The Hall–Kier alpha value is -3.22. The molecule has 0 radical (unpaired) electrons. The summed E-state index contributed by atoms with van der Waals surface area (Å²) in [4.78, 5) is 0. The van der Waals surface area contributed by atoms with E-state index in [0.717, 1.165) is 51.4 Å². The van der Waals surface area contributed by atoms with Gasteiger partial charge in [0, 0.05) is 0 Å². The van der Waals surface area contributed by atoms with E-state index < -0.39 is 20.5 Å². The van der Waals surface area contributed by atoms with Gasteiger partial charge in [0.05, 0.1) is 70.2 Å². The van der Waals surface area contributed by atoms with Gasteiger partial charge in [-0.05, 0) is 77.9 Å². The summed E-state index contributed by atoms with van der Waals surface area (Å²) in [6, 6.07) is 41.5. The minimum Gasteiger partial charge on any atom is -0.405 e. The van der Waals surface area contributed by atoms with Crippen LogP contribution in [-0.4, -0.2) is 86.7 Å². The minimum absolute atomic E-state index is 0.108. The molecule has 0 bridgehead atoms. The molecule has 0 amide bonds. The highest BCUT2D eigenvalue weighted by atomic mass is 28.4. The van der Waals surface area contributed by atoms with E-state index in [4.69, 9.17) is 28.5 Å². The number of benzene rings is 4. The van der Waals surface area contributed by atoms with Crippen LogP contribution >= 0.6 is 0 Å². The molecule has 0 heterocycles. The first-order valence-electron chi connectivity index (χ1n) is 20.9. The molecule has 3 N–H and O–H groups in total. The van der Waals surface area contributed by atoms with Crippen LogP contribution in [0.1, 0.15) is 83.3 Å². The predicted octanol–water partition coefficient (Wildman–Crippen LogP) is 7.35. The molecule has 0 aromatic heterocycles. The molecule has 6 rings (SSSR count). The fourth-order valence-corrected chi connectivity index (χ4v) is 12.6. The quantitative estimate of drug-likeness (QED) is 0.0899. The Kier molecular flexibility index (Phi) is 18.4. The lowest BCUT2D eigenvalue weighted by Crippen LogP contribution is -2.67. The summed E-state index contributed by atoms with van der Waals surface area (Å²) < 4.78 is 30.8. The molecule has 9 heteroatoms. The maximum Gasteiger partial charge on any atom is 0.261 e. The summed E-state index contributed by atoms with van der Waals surface area (Å²) in [6.45, 7) is 8.49. The number of aliphatic hydroxyl groups excluding tert-OH is 3. The number of ether oxygens (including phenoxy) is 4. The lowest BCUT2D eigenvalue weighted by Gasteiger charge is -2.43. The Morgan fingerprint density at radius 1 is 0.526 bits per heavy atom. The molecule has 2 saturated carbocycles. The van der Waals surface area contributed by atoms with Gasteiger partial charge in [-0.2, -0.15) is 0 Å². The molecule has 8 nitrogen and oxygen atoms in total. The zero-order chi connectivity index (χ0) is 40.4. The Balaban J connectivity index is 0.000000261. The first-order valence-corrected chi connectivity index (χ1v) is 22.8. The molecule has 0 saturated heterocycles. The van der Waals surface area contributed by atoms with Crippen LogP contribution in [0.2, 0.25) is 5.04 Å². The summed E-state index contributed by atoms with van der Waals surface area (Å²) in [5.41, 5.74) is 2.38. The molecule has 0 aliphatic heterocycles. The number of aliphatic hydroxyl groups is 3. The second-order valence-electron chi connectivity index (χ2n) is 16.5. The smallest absolute Gasteiger partial charge is 0.261 e. The Morgan fingerprint density at radius 2 is 0.895 bits per heavy atom. The van der Waals surface area contributed by atoms with Gasteiger partial charge < -0.3 is 38.7 Å². The van der Waals surface area contributed by atoms with E-state index in [-0.39, 0.29) is 55.9 Å². The van der Waals surface area contributed by atoms with Gasteiger partial charge >= 0.3 is 0 Å². The largest absolute Gasteiger partial charge is 0.405 e. The molecule has 310 valence electrons. The molecule has 2 aliphatic carbocycles. The van der Waals surface area contributed by atoms with E-state index in [1.165, 1.54) is 21.5 Å². The van der Waals surface area contributed by atoms with Crippen LogP contribution in [0.5, 0.6) is 0 Å². The molecule has 0 spiro atoms. The molecular weight excluding hydrogens is 733 g/mol. The van der Waals surface area contributed by atoms with Crippen LogP contribution in [0.25, 0.3) is 0 Å². The fraction of sp³-hybridized carbons (Fsp3) is 0.500. The summed E-state index contributed by atoms with van der Waals surface area (Å²) in [5.74, 6) is 0. The average Bonchev–Trinajstić information content (AvgIpc) is 3.25. The standard InChI is InChI=1S/C32H42O4Si.C16H24O4/c1-32(2,3)37(30-18-9-5-10-19-30,31-20-11-6-12-21-31)36-25-27(33)24-35-29-17-13-16-28(22-29)34-23-26-14-7-4-8-15-26;17-10-14(18)12-20-16-8-4-7-15(9-16)19-11-13-5-2-1-3-6-13/h4-12,14-15,18-21,27-29,33H,13,16-17,22-25H2,1-3H3;1-3,5-6,14-18H,4,7-12H2/t27?,28-,29+;14?,15-,16+/m00/s1. The maximum absolute atomic E-state index is 11.0. The number of rotatable bonds is 18. The first-order chi connectivity index (χ1) is 27.7. The second kappa shape index (κ2) is 23.4. The SMILES string of the molecule is CC(C)(C)[Si](OCC(O)CO[C@@H]1CCC[C@H](OCc2ccccc2)C1)(c1ccccc1)c1ccccc1.OCC(O)CO[C@@H]1CCC[C@H](OCc2ccccc2)C1. The highest BCUT2D eigenvalue weighted by Gasteiger charge is 2.50. The van der Waals surface area contributed by atoms with Crippen molar-refractivity contribution < 1.29 is 38.7 Å². The summed E-state index contributed by atoms with van der Waals surface area (Å²) >= 11 is 0. The maximum atomic E-state index is 11.0. The molecule has 4 aromatic carbocycles. The van der Waals surface area contributed by atoms with E-state index >= 15 is 0 Å². The first kappa shape index (κ1) is 44.9. The average molecular weight is 799 g/mol. The zero-order valence-electron chi connectivity index (χ0n) is 34.3. The number of hydrogen-bond acceptors (Lipinski definition) is 8. The van der Waals surface area contributed by atoms with Gasteiger partial charge in [-0.3, -0.25) is 0 Å². The topological polar surface area (TPSA) is 107 Å². The van der Waals surface area contributed by atoms with Gasteiger partial charge in [0.2, 0.25) is 0 Å². The summed E-state index contributed by atoms with van der Waals surface area (Å²) in [6.07, 6.45) is 7.23. The van der Waals surface area contributed by atoms with Gasteiger partial charge in [0.15, 0.2) is 0 Å². The molecule has 4 aromatic rings.